The number of carbonyl (C=O) groups is 3. The van der Waals surface area contributed by atoms with Crippen LogP contribution in [0, 0.1) is 0 Å². The van der Waals surface area contributed by atoms with Crippen molar-refractivity contribution in [1.82, 2.24) is 4.90 Å². The molecule has 1 aromatic rings. The van der Waals surface area contributed by atoms with E-state index in [0.29, 0.717) is 37.3 Å². The maximum absolute atomic E-state index is 12.3. The zero-order valence-electron chi connectivity index (χ0n) is 20.0. The molecule has 0 spiro atoms. The molecule has 1 heterocycles. The van der Waals surface area contributed by atoms with Crippen molar-refractivity contribution in [3.63, 3.8) is 0 Å². The molecular formula is C25H36ClNO6S. The summed E-state index contributed by atoms with van der Waals surface area (Å²) in [6.07, 6.45) is 3.57. The summed E-state index contributed by atoms with van der Waals surface area (Å²) in [6, 6.07) is 7.69. The van der Waals surface area contributed by atoms with Gasteiger partial charge in [-0.1, -0.05) is 23.7 Å². The Kier molecular flexibility index (Phi) is 12.8. The van der Waals surface area contributed by atoms with E-state index in [1.165, 1.54) is 0 Å². The normalized spacial score (nSPS) is 16.7. The topological polar surface area (TPSA) is 93.1 Å². The molecule has 2 atom stereocenters. The third-order valence-electron chi connectivity index (χ3n) is 5.51. The largest absolute Gasteiger partial charge is 0.460 e. The summed E-state index contributed by atoms with van der Waals surface area (Å²) < 4.78 is 9.82. The van der Waals surface area contributed by atoms with Crippen LogP contribution in [0.15, 0.2) is 24.3 Å². The number of hydrogen-bond donors (Lipinski definition) is 1. The first-order valence-electron chi connectivity index (χ1n) is 11.9. The molecule has 1 N–H and O–H groups in total. The summed E-state index contributed by atoms with van der Waals surface area (Å²) in [6.45, 7) is 3.79. The standard InChI is InChI=1S/C25H36ClNO6S/c1-18(2)33-25(31)17-32-24(30)7-4-13-34-14-12-27-21(9-11-23(27)29)8-10-22(28)16-19-5-3-6-20(26)15-19/h3,5-6,15,18,21-22,28H,4,7-14,16-17H2,1-2H3/t21-,22+/m0/s1. The predicted octanol–water partition coefficient (Wildman–Crippen LogP) is 4.02. The molecular weight excluding hydrogens is 478 g/mol. The first kappa shape index (κ1) is 28.5. The average Bonchev–Trinajstić information content (AvgIpc) is 3.12. The molecule has 0 saturated carbocycles. The Morgan fingerprint density at radius 1 is 1.26 bits per heavy atom. The lowest BCUT2D eigenvalue weighted by Crippen LogP contribution is -2.35. The first-order chi connectivity index (χ1) is 16.2. The molecule has 1 fully saturated rings. The van der Waals surface area contributed by atoms with E-state index in [-0.39, 0.29) is 31.1 Å². The molecule has 1 aliphatic heterocycles. The monoisotopic (exact) mass is 513 g/mol. The molecule has 9 heteroatoms. The number of aliphatic hydroxyl groups is 1. The maximum atomic E-state index is 12.3. The van der Waals surface area contributed by atoms with Gasteiger partial charge in [-0.2, -0.15) is 11.8 Å². The van der Waals surface area contributed by atoms with Crippen molar-refractivity contribution in [3.8, 4) is 0 Å². The number of halogens is 1. The molecule has 0 radical (unpaired) electrons. The van der Waals surface area contributed by atoms with Gasteiger partial charge in [-0.05, 0) is 69.4 Å². The van der Waals surface area contributed by atoms with Crippen LogP contribution in [0.25, 0.3) is 0 Å². The van der Waals surface area contributed by atoms with E-state index in [2.05, 4.69) is 0 Å². The number of aliphatic hydroxyl groups excluding tert-OH is 1. The minimum Gasteiger partial charge on any atom is -0.460 e. The van der Waals surface area contributed by atoms with E-state index in [0.717, 1.165) is 29.9 Å². The number of amides is 1. The van der Waals surface area contributed by atoms with Crippen LogP contribution in [-0.2, 0) is 30.3 Å². The van der Waals surface area contributed by atoms with Crippen molar-refractivity contribution in [2.45, 2.75) is 77.0 Å². The SMILES string of the molecule is CC(C)OC(=O)COC(=O)CCCSCCN1C(=O)CC[C@@H]1CC[C@@H](O)Cc1cccc(Cl)c1. The Morgan fingerprint density at radius 2 is 2.06 bits per heavy atom. The first-order valence-corrected chi connectivity index (χ1v) is 13.4. The highest BCUT2D eigenvalue weighted by atomic mass is 35.5. The number of carbonyl (C=O) groups excluding carboxylic acids is 3. The fraction of sp³-hybridized carbons (Fsp3) is 0.640. The van der Waals surface area contributed by atoms with E-state index in [4.69, 9.17) is 21.1 Å². The van der Waals surface area contributed by atoms with Gasteiger partial charge in [-0.3, -0.25) is 9.59 Å². The van der Waals surface area contributed by atoms with Gasteiger partial charge < -0.3 is 19.5 Å². The lowest BCUT2D eigenvalue weighted by molar-refractivity contribution is -0.161. The minimum atomic E-state index is -0.542. The van der Waals surface area contributed by atoms with Gasteiger partial charge in [-0.15, -0.1) is 0 Å². The lowest BCUT2D eigenvalue weighted by atomic mass is 10.0. The van der Waals surface area contributed by atoms with Gasteiger partial charge in [-0.25, -0.2) is 4.79 Å². The van der Waals surface area contributed by atoms with E-state index >= 15 is 0 Å². The number of ether oxygens (including phenoxy) is 2. The summed E-state index contributed by atoms with van der Waals surface area (Å²) in [7, 11) is 0. The van der Waals surface area contributed by atoms with Gasteiger partial charge in [0.05, 0.1) is 12.2 Å². The number of rotatable bonds is 15. The molecule has 0 unspecified atom stereocenters. The third kappa shape index (κ3) is 11.1. The molecule has 2 rings (SSSR count). The number of thioether (sulfide) groups is 1. The lowest BCUT2D eigenvalue weighted by Gasteiger charge is -2.25. The fourth-order valence-corrected chi connectivity index (χ4v) is 5.01. The molecule has 0 aromatic heterocycles. The molecule has 1 aromatic carbocycles. The van der Waals surface area contributed by atoms with Crippen LogP contribution in [0.1, 0.15) is 57.9 Å². The van der Waals surface area contributed by atoms with Crippen LogP contribution in [0.5, 0.6) is 0 Å². The van der Waals surface area contributed by atoms with E-state index < -0.39 is 18.0 Å². The van der Waals surface area contributed by atoms with Crippen molar-refractivity contribution in [2.24, 2.45) is 0 Å². The number of hydrogen-bond acceptors (Lipinski definition) is 7. The van der Waals surface area contributed by atoms with E-state index in [9.17, 15) is 19.5 Å². The quantitative estimate of drug-likeness (QED) is 0.279. The van der Waals surface area contributed by atoms with Crippen molar-refractivity contribution < 1.29 is 29.0 Å². The molecule has 34 heavy (non-hydrogen) atoms. The summed E-state index contributed by atoms with van der Waals surface area (Å²) >= 11 is 7.70. The molecule has 0 bridgehead atoms. The van der Waals surface area contributed by atoms with Crippen LogP contribution in [0.2, 0.25) is 5.02 Å². The Morgan fingerprint density at radius 3 is 2.79 bits per heavy atom. The van der Waals surface area contributed by atoms with Crippen molar-refractivity contribution in [1.29, 1.82) is 0 Å². The second kappa shape index (κ2) is 15.3. The molecule has 1 amide bonds. The Labute approximate surface area is 211 Å². The van der Waals surface area contributed by atoms with Crippen molar-refractivity contribution in [3.05, 3.63) is 34.9 Å². The second-order valence-corrected chi connectivity index (χ2v) is 10.4. The maximum Gasteiger partial charge on any atom is 0.344 e. The summed E-state index contributed by atoms with van der Waals surface area (Å²) in [5, 5.41) is 11.1. The second-order valence-electron chi connectivity index (χ2n) is 8.76. The Balaban J connectivity index is 1.59. The summed E-state index contributed by atoms with van der Waals surface area (Å²) in [5.41, 5.74) is 1.01. The van der Waals surface area contributed by atoms with Crippen LogP contribution in [-0.4, -0.2) is 70.8 Å². The van der Waals surface area contributed by atoms with E-state index in [1.807, 2.05) is 29.2 Å². The van der Waals surface area contributed by atoms with Gasteiger partial charge in [0, 0.05) is 36.2 Å². The highest BCUT2D eigenvalue weighted by molar-refractivity contribution is 7.99. The van der Waals surface area contributed by atoms with Gasteiger partial charge in [0.15, 0.2) is 6.61 Å². The van der Waals surface area contributed by atoms with Crippen molar-refractivity contribution >= 4 is 41.2 Å². The number of esters is 2. The third-order valence-corrected chi connectivity index (χ3v) is 6.79. The highest BCUT2D eigenvalue weighted by Gasteiger charge is 2.30. The van der Waals surface area contributed by atoms with Crippen LogP contribution < -0.4 is 0 Å². The Hall–Kier alpha value is -1.77. The number of benzene rings is 1. The fourth-order valence-electron chi connectivity index (χ4n) is 3.92. The minimum absolute atomic E-state index is 0.169. The van der Waals surface area contributed by atoms with E-state index in [1.54, 1.807) is 25.6 Å². The van der Waals surface area contributed by atoms with Gasteiger partial charge >= 0.3 is 11.9 Å². The number of nitrogens with zero attached hydrogens (tertiary/aromatic N) is 1. The Bertz CT molecular complexity index is 805. The van der Waals surface area contributed by atoms with Gasteiger partial charge in [0.1, 0.15) is 0 Å². The zero-order valence-corrected chi connectivity index (χ0v) is 21.6. The van der Waals surface area contributed by atoms with Gasteiger partial charge in [0.2, 0.25) is 5.91 Å². The van der Waals surface area contributed by atoms with Gasteiger partial charge in [0.25, 0.3) is 0 Å². The predicted molar refractivity (Wildman–Crippen MR) is 134 cm³/mol. The summed E-state index contributed by atoms with van der Waals surface area (Å²) in [5.74, 6) is 0.790. The molecule has 1 aliphatic rings. The smallest absolute Gasteiger partial charge is 0.344 e. The van der Waals surface area contributed by atoms with Crippen LogP contribution >= 0.6 is 23.4 Å². The molecule has 190 valence electrons. The molecule has 1 saturated heterocycles. The molecule has 0 aliphatic carbocycles. The van der Waals surface area contributed by atoms with Crippen molar-refractivity contribution in [2.75, 3.05) is 24.7 Å². The molecule has 7 nitrogen and oxygen atoms in total. The highest BCUT2D eigenvalue weighted by Crippen LogP contribution is 2.24. The average molecular weight is 514 g/mol. The number of likely N-dealkylation sites (tertiary alicyclic amines) is 1. The zero-order chi connectivity index (χ0) is 24.9. The van der Waals surface area contributed by atoms with Crippen LogP contribution in [0.4, 0.5) is 0 Å². The summed E-state index contributed by atoms with van der Waals surface area (Å²) in [4.78, 5) is 37.3. The van der Waals surface area contributed by atoms with Crippen LogP contribution in [0.3, 0.4) is 0 Å².